The quantitative estimate of drug-likeness (QED) is 0.405. The van der Waals surface area contributed by atoms with Gasteiger partial charge in [-0.05, 0) is 35.4 Å². The number of esters is 3. The first-order valence-corrected chi connectivity index (χ1v) is 8.00. The summed E-state index contributed by atoms with van der Waals surface area (Å²) in [6.45, 7) is 6.84. The van der Waals surface area contributed by atoms with Crippen LogP contribution in [-0.4, -0.2) is 17.9 Å². The second kappa shape index (κ2) is 9.72. The Morgan fingerprint density at radius 1 is 0.741 bits per heavy atom. The molecule has 0 N–H and O–H groups in total. The van der Waals surface area contributed by atoms with Crippen LogP contribution >= 0.6 is 0 Å². The van der Waals surface area contributed by atoms with Crippen LogP contribution in [0.1, 0.15) is 21.5 Å². The molecule has 0 fully saturated rings. The zero-order valence-corrected chi connectivity index (χ0v) is 14.6. The van der Waals surface area contributed by atoms with Gasteiger partial charge in [0.2, 0.25) is 0 Å². The molecule has 0 spiro atoms. The summed E-state index contributed by atoms with van der Waals surface area (Å²) in [5, 5.41) is 0. The van der Waals surface area contributed by atoms with E-state index in [1.807, 2.05) is 0 Å². The van der Waals surface area contributed by atoms with Crippen molar-refractivity contribution >= 4 is 17.9 Å². The van der Waals surface area contributed by atoms with Crippen molar-refractivity contribution in [1.29, 1.82) is 0 Å². The van der Waals surface area contributed by atoms with Gasteiger partial charge in [-0.3, -0.25) is 0 Å². The highest BCUT2D eigenvalue weighted by Crippen LogP contribution is 2.15. The first-order chi connectivity index (χ1) is 13.0. The van der Waals surface area contributed by atoms with Gasteiger partial charge in [0.1, 0.15) is 19.0 Å². The third-order valence-electron chi connectivity index (χ3n) is 3.42. The lowest BCUT2D eigenvalue weighted by Gasteiger charge is -2.07. The van der Waals surface area contributed by atoms with Crippen molar-refractivity contribution in [3.05, 3.63) is 90.5 Å². The largest absolute Gasteiger partial charge is 0.458 e. The fourth-order valence-corrected chi connectivity index (χ4v) is 1.98. The van der Waals surface area contributed by atoms with E-state index in [0.717, 1.165) is 23.3 Å². The topological polar surface area (TPSA) is 78.9 Å². The summed E-state index contributed by atoms with van der Waals surface area (Å²) in [7, 11) is 0. The van der Waals surface area contributed by atoms with Gasteiger partial charge in [-0.15, -0.1) is 0 Å². The molecule has 138 valence electrons. The Labute approximate surface area is 156 Å². The molecule has 0 atom stereocenters. The first-order valence-electron chi connectivity index (χ1n) is 8.00. The van der Waals surface area contributed by atoms with Gasteiger partial charge in [0.05, 0.1) is 5.56 Å². The highest BCUT2D eigenvalue weighted by Gasteiger charge is 2.09. The zero-order chi connectivity index (χ0) is 19.6. The van der Waals surface area contributed by atoms with Crippen molar-refractivity contribution in [3.63, 3.8) is 0 Å². The van der Waals surface area contributed by atoms with E-state index in [4.69, 9.17) is 14.2 Å². The highest BCUT2D eigenvalue weighted by molar-refractivity contribution is 5.91. The summed E-state index contributed by atoms with van der Waals surface area (Å²) in [5.41, 5.74) is 1.85. The molecular formula is C21H18O6. The molecule has 0 heterocycles. The number of benzene rings is 2. The van der Waals surface area contributed by atoms with Crippen LogP contribution in [0.2, 0.25) is 0 Å². The number of carbonyl (C=O) groups is 3. The molecular weight excluding hydrogens is 348 g/mol. The Morgan fingerprint density at radius 3 is 1.63 bits per heavy atom. The Morgan fingerprint density at radius 2 is 1.19 bits per heavy atom. The summed E-state index contributed by atoms with van der Waals surface area (Å²) in [6.07, 6.45) is 2.17. The average Bonchev–Trinajstić information content (AvgIpc) is 2.71. The molecule has 0 aliphatic heterocycles. The normalized spacial score (nSPS) is 9.78. The van der Waals surface area contributed by atoms with E-state index in [-0.39, 0.29) is 13.2 Å². The summed E-state index contributed by atoms with van der Waals surface area (Å²) in [6, 6.07) is 13.1. The van der Waals surface area contributed by atoms with Gasteiger partial charge in [0, 0.05) is 12.2 Å². The second-order valence-electron chi connectivity index (χ2n) is 5.35. The van der Waals surface area contributed by atoms with E-state index in [0.29, 0.717) is 11.3 Å². The van der Waals surface area contributed by atoms with Gasteiger partial charge in [0.15, 0.2) is 0 Å². The minimum atomic E-state index is -0.518. The summed E-state index contributed by atoms with van der Waals surface area (Å²) >= 11 is 0. The van der Waals surface area contributed by atoms with E-state index < -0.39 is 17.9 Å². The Kier molecular flexibility index (Phi) is 7.07. The van der Waals surface area contributed by atoms with Gasteiger partial charge >= 0.3 is 17.9 Å². The van der Waals surface area contributed by atoms with E-state index >= 15 is 0 Å². The van der Waals surface area contributed by atoms with Crippen molar-refractivity contribution in [2.45, 2.75) is 13.2 Å². The maximum Gasteiger partial charge on any atom is 0.343 e. The smallest absolute Gasteiger partial charge is 0.343 e. The molecule has 6 heteroatoms. The molecule has 6 nitrogen and oxygen atoms in total. The lowest BCUT2D eigenvalue weighted by atomic mass is 10.1. The van der Waals surface area contributed by atoms with Crippen LogP contribution in [0.25, 0.3) is 0 Å². The molecule has 27 heavy (non-hydrogen) atoms. The first kappa shape index (κ1) is 19.7. The number of hydrogen-bond acceptors (Lipinski definition) is 6. The van der Waals surface area contributed by atoms with E-state index in [2.05, 4.69) is 13.2 Å². The Bertz CT molecular complexity index is 834. The Hall–Kier alpha value is -3.67. The molecule has 0 aliphatic rings. The summed E-state index contributed by atoms with van der Waals surface area (Å²) in [4.78, 5) is 34.2. The number of hydrogen-bond donors (Lipinski definition) is 0. The van der Waals surface area contributed by atoms with Gasteiger partial charge < -0.3 is 14.2 Å². The summed E-state index contributed by atoms with van der Waals surface area (Å²) < 4.78 is 15.1. The van der Waals surface area contributed by atoms with Crippen LogP contribution in [0, 0.1) is 0 Å². The minimum absolute atomic E-state index is 0.0953. The van der Waals surface area contributed by atoms with Crippen molar-refractivity contribution < 1.29 is 28.6 Å². The van der Waals surface area contributed by atoms with Crippen LogP contribution in [0.4, 0.5) is 0 Å². The lowest BCUT2D eigenvalue weighted by molar-refractivity contribution is -0.139. The molecule has 0 radical (unpaired) electrons. The molecule has 2 aromatic rings. The van der Waals surface area contributed by atoms with Crippen molar-refractivity contribution in [2.24, 2.45) is 0 Å². The highest BCUT2D eigenvalue weighted by atomic mass is 16.5. The zero-order valence-electron chi connectivity index (χ0n) is 14.6. The maximum absolute atomic E-state index is 12.2. The average molecular weight is 366 g/mol. The molecule has 2 aromatic carbocycles. The Balaban J connectivity index is 1.90. The van der Waals surface area contributed by atoms with Crippen LogP contribution < -0.4 is 4.74 Å². The third kappa shape index (κ3) is 6.28. The van der Waals surface area contributed by atoms with Crippen molar-refractivity contribution in [1.82, 2.24) is 0 Å². The molecule has 0 saturated heterocycles. The maximum atomic E-state index is 12.2. The second-order valence-corrected chi connectivity index (χ2v) is 5.35. The molecule has 2 rings (SSSR count). The fourth-order valence-electron chi connectivity index (χ4n) is 1.98. The molecule has 0 aromatic heterocycles. The fraction of sp³-hybridized carbons (Fsp3) is 0.0952. The van der Waals surface area contributed by atoms with Gasteiger partial charge in [-0.1, -0.05) is 37.4 Å². The predicted octanol–water partition coefficient (Wildman–Crippen LogP) is 3.36. The van der Waals surface area contributed by atoms with Crippen LogP contribution in [0.5, 0.6) is 5.75 Å². The van der Waals surface area contributed by atoms with Gasteiger partial charge in [-0.25, -0.2) is 14.4 Å². The molecule has 0 bridgehead atoms. The molecule has 0 saturated carbocycles. The lowest BCUT2D eigenvalue weighted by Crippen LogP contribution is -2.09. The van der Waals surface area contributed by atoms with Crippen LogP contribution in [0.3, 0.4) is 0 Å². The van der Waals surface area contributed by atoms with Crippen LogP contribution in [0.15, 0.2) is 73.8 Å². The van der Waals surface area contributed by atoms with Crippen molar-refractivity contribution in [3.8, 4) is 5.75 Å². The number of carbonyl (C=O) groups excluding carboxylic acids is 3. The predicted molar refractivity (Wildman–Crippen MR) is 97.8 cm³/mol. The molecule has 0 unspecified atom stereocenters. The van der Waals surface area contributed by atoms with Gasteiger partial charge in [0.25, 0.3) is 0 Å². The third-order valence-corrected chi connectivity index (χ3v) is 3.42. The molecule has 0 aliphatic carbocycles. The number of ether oxygens (including phenoxy) is 3. The van der Waals surface area contributed by atoms with E-state index in [1.54, 1.807) is 48.5 Å². The number of rotatable bonds is 8. The standard InChI is InChI=1S/C21H18O6/c1-3-19(22)25-13-15-5-9-17(10-6-15)21(24)27-18-11-7-16(8-12-18)14-26-20(23)4-2/h3-12H,1-2,13-14H2. The van der Waals surface area contributed by atoms with E-state index in [1.165, 1.54) is 0 Å². The molecule has 0 amide bonds. The minimum Gasteiger partial charge on any atom is -0.458 e. The SMILES string of the molecule is C=CC(=O)OCc1ccc(OC(=O)c2ccc(COC(=O)C=C)cc2)cc1. The monoisotopic (exact) mass is 366 g/mol. The summed E-state index contributed by atoms with van der Waals surface area (Å²) in [5.74, 6) is -1.17. The van der Waals surface area contributed by atoms with Gasteiger partial charge in [-0.2, -0.15) is 0 Å². The van der Waals surface area contributed by atoms with Crippen molar-refractivity contribution in [2.75, 3.05) is 0 Å². The van der Waals surface area contributed by atoms with Crippen LogP contribution in [-0.2, 0) is 32.3 Å². The van der Waals surface area contributed by atoms with E-state index in [9.17, 15) is 14.4 Å².